The first-order valence-electron chi connectivity index (χ1n) is 12.8. The van der Waals surface area contributed by atoms with Crippen molar-refractivity contribution in [2.45, 2.75) is 51.4 Å². The molecule has 2 heterocycles. The molecule has 3 aromatic carbocycles. The molecule has 1 N–H and O–H groups in total. The van der Waals surface area contributed by atoms with Crippen LogP contribution >= 0.6 is 11.8 Å². The van der Waals surface area contributed by atoms with Gasteiger partial charge in [0.1, 0.15) is 5.75 Å². The number of unbranched alkanes of at least 4 members (excludes halogenated alkanes) is 1. The number of para-hydroxylation sites is 1. The monoisotopic (exact) mass is 515 g/mol. The Bertz CT molecular complexity index is 1520. The predicted molar refractivity (Wildman–Crippen MR) is 147 cm³/mol. The SMILES string of the molecule is CCCCSc1n[n+]2c(c(=O)[nH]1)-c1ccccc1N(C(C)=O)[C@H]2c1c(OCCC)ccc2ccccc12. The first-order chi connectivity index (χ1) is 18.0. The van der Waals surface area contributed by atoms with Crippen LogP contribution < -0.4 is 19.9 Å². The lowest BCUT2D eigenvalue weighted by Crippen LogP contribution is -2.60. The van der Waals surface area contributed by atoms with Crippen molar-refractivity contribution in [3.63, 3.8) is 0 Å². The Hall–Kier alpha value is -3.65. The van der Waals surface area contributed by atoms with Crippen LogP contribution in [-0.2, 0) is 4.79 Å². The number of anilines is 1. The summed E-state index contributed by atoms with van der Waals surface area (Å²) >= 11 is 1.52. The number of benzene rings is 3. The van der Waals surface area contributed by atoms with E-state index >= 15 is 0 Å². The highest BCUT2D eigenvalue weighted by Gasteiger charge is 2.46. The van der Waals surface area contributed by atoms with Gasteiger partial charge in [-0.15, -0.1) is 0 Å². The van der Waals surface area contributed by atoms with E-state index < -0.39 is 6.17 Å². The zero-order valence-electron chi connectivity index (χ0n) is 21.4. The third-order valence-electron chi connectivity index (χ3n) is 6.48. The van der Waals surface area contributed by atoms with Gasteiger partial charge in [0.05, 0.1) is 23.4 Å². The number of nitrogens with zero attached hydrogens (tertiary/aromatic N) is 3. The van der Waals surface area contributed by atoms with E-state index in [1.165, 1.54) is 11.8 Å². The summed E-state index contributed by atoms with van der Waals surface area (Å²) in [4.78, 5) is 31.6. The number of thioether (sulfide) groups is 1. The third-order valence-corrected chi connectivity index (χ3v) is 7.43. The molecule has 1 aromatic heterocycles. The van der Waals surface area contributed by atoms with Gasteiger partial charge in [-0.25, -0.2) is 4.90 Å². The molecule has 0 fully saturated rings. The zero-order valence-corrected chi connectivity index (χ0v) is 22.2. The Balaban J connectivity index is 1.84. The second-order valence-corrected chi connectivity index (χ2v) is 10.2. The molecule has 0 spiro atoms. The van der Waals surface area contributed by atoms with Crippen molar-refractivity contribution in [2.75, 3.05) is 17.3 Å². The second-order valence-electron chi connectivity index (χ2n) is 9.08. The number of carbonyl (C=O) groups is 1. The van der Waals surface area contributed by atoms with Crippen LogP contribution in [0.15, 0.2) is 70.6 Å². The van der Waals surface area contributed by atoms with Crippen molar-refractivity contribution in [3.05, 3.63) is 76.6 Å². The molecule has 8 heteroatoms. The molecule has 190 valence electrons. The highest BCUT2D eigenvalue weighted by Crippen LogP contribution is 2.42. The molecule has 1 amide bonds. The molecule has 7 nitrogen and oxygen atoms in total. The summed E-state index contributed by atoms with van der Waals surface area (Å²) in [6.07, 6.45) is 2.21. The van der Waals surface area contributed by atoms with Crippen molar-refractivity contribution in [3.8, 4) is 17.0 Å². The van der Waals surface area contributed by atoms with Crippen LogP contribution in [0.25, 0.3) is 22.0 Å². The minimum atomic E-state index is -0.701. The maximum absolute atomic E-state index is 13.6. The van der Waals surface area contributed by atoms with Gasteiger partial charge in [0.2, 0.25) is 11.1 Å². The Morgan fingerprint density at radius 3 is 2.65 bits per heavy atom. The van der Waals surface area contributed by atoms with Gasteiger partial charge in [-0.1, -0.05) is 74.5 Å². The van der Waals surface area contributed by atoms with Crippen molar-refractivity contribution in [1.29, 1.82) is 0 Å². The van der Waals surface area contributed by atoms with E-state index in [1.807, 2.05) is 60.7 Å². The van der Waals surface area contributed by atoms with Crippen LogP contribution in [0.3, 0.4) is 0 Å². The predicted octanol–water partition coefficient (Wildman–Crippen LogP) is 5.47. The number of ether oxygens (including phenoxy) is 1. The van der Waals surface area contributed by atoms with Crippen molar-refractivity contribution >= 4 is 34.1 Å². The standard InChI is InChI=1S/C29H30N4O3S/c1-4-6-18-37-29-30-27(35)26-22-13-9-10-14-23(22)32(19(3)34)28(33(26)31-29)25-21-12-8-7-11-20(21)15-16-24(25)36-17-5-2/h7-16,28H,4-6,17-18H2,1-3H3/p+1/t28-/m1/s1. The van der Waals surface area contributed by atoms with Gasteiger partial charge in [-0.05, 0) is 46.5 Å². The number of aromatic amines is 1. The molecule has 37 heavy (non-hydrogen) atoms. The van der Waals surface area contributed by atoms with Gasteiger partial charge >= 0.3 is 11.3 Å². The van der Waals surface area contributed by atoms with Gasteiger partial charge in [0, 0.05) is 17.8 Å². The molecule has 0 saturated heterocycles. The van der Waals surface area contributed by atoms with Crippen LogP contribution in [0, 0.1) is 0 Å². The van der Waals surface area contributed by atoms with Crippen LogP contribution in [0.4, 0.5) is 5.69 Å². The molecule has 1 atom stereocenters. The summed E-state index contributed by atoms with van der Waals surface area (Å²) in [7, 11) is 0. The van der Waals surface area contributed by atoms with Crippen molar-refractivity contribution in [1.82, 2.24) is 10.1 Å². The molecular formula is C29H31N4O3S+. The summed E-state index contributed by atoms with van der Waals surface area (Å²) < 4.78 is 7.97. The van der Waals surface area contributed by atoms with Crippen molar-refractivity contribution in [2.24, 2.45) is 0 Å². The summed E-state index contributed by atoms with van der Waals surface area (Å²) in [5, 5.41) is 7.44. The van der Waals surface area contributed by atoms with Crippen LogP contribution in [0.2, 0.25) is 0 Å². The van der Waals surface area contributed by atoms with Gasteiger partial charge in [-0.3, -0.25) is 14.6 Å². The lowest BCUT2D eigenvalue weighted by Gasteiger charge is -2.32. The first-order valence-corrected chi connectivity index (χ1v) is 13.8. The lowest BCUT2D eigenvalue weighted by molar-refractivity contribution is -0.763. The van der Waals surface area contributed by atoms with E-state index in [0.717, 1.165) is 41.4 Å². The maximum Gasteiger partial charge on any atom is 0.325 e. The molecule has 0 saturated carbocycles. The molecule has 0 radical (unpaired) electrons. The molecule has 0 unspecified atom stereocenters. The van der Waals surface area contributed by atoms with E-state index in [0.29, 0.717) is 34.5 Å². The minimum absolute atomic E-state index is 0.146. The fourth-order valence-electron chi connectivity index (χ4n) is 4.83. The van der Waals surface area contributed by atoms with E-state index in [9.17, 15) is 9.59 Å². The average molecular weight is 516 g/mol. The van der Waals surface area contributed by atoms with Crippen LogP contribution in [0.1, 0.15) is 51.8 Å². The lowest BCUT2D eigenvalue weighted by atomic mass is 9.96. The molecule has 5 rings (SSSR count). The third kappa shape index (κ3) is 4.62. The highest BCUT2D eigenvalue weighted by molar-refractivity contribution is 7.99. The molecule has 0 aliphatic carbocycles. The minimum Gasteiger partial charge on any atom is -0.493 e. The molecule has 0 bridgehead atoms. The Kier molecular flexibility index (Phi) is 7.28. The molecular weight excluding hydrogens is 484 g/mol. The smallest absolute Gasteiger partial charge is 0.325 e. The number of fused-ring (bicyclic) bond motifs is 4. The zero-order chi connectivity index (χ0) is 25.9. The van der Waals surface area contributed by atoms with E-state index in [2.05, 4.69) is 18.8 Å². The number of H-pyrrole nitrogens is 1. The number of nitrogens with one attached hydrogen (secondary N) is 1. The van der Waals surface area contributed by atoms with E-state index in [-0.39, 0.29) is 11.5 Å². The molecule has 1 aliphatic heterocycles. The second kappa shape index (κ2) is 10.8. The van der Waals surface area contributed by atoms with Crippen LogP contribution in [0.5, 0.6) is 5.75 Å². The number of rotatable bonds is 8. The Labute approximate surface area is 220 Å². The summed E-state index contributed by atoms with van der Waals surface area (Å²) in [5.41, 5.74) is 2.35. The molecule has 4 aromatic rings. The fourth-order valence-corrected chi connectivity index (χ4v) is 5.77. The van der Waals surface area contributed by atoms with Gasteiger partial charge in [0.25, 0.3) is 6.17 Å². The number of hydrogen-bond acceptors (Lipinski definition) is 5. The molecule has 1 aliphatic rings. The van der Waals surface area contributed by atoms with Crippen molar-refractivity contribution < 1.29 is 14.2 Å². The largest absolute Gasteiger partial charge is 0.493 e. The summed E-state index contributed by atoms with van der Waals surface area (Å²) in [5.74, 6) is 1.37. The average Bonchev–Trinajstić information content (AvgIpc) is 2.90. The quantitative estimate of drug-likeness (QED) is 0.191. The summed E-state index contributed by atoms with van der Waals surface area (Å²) in [6, 6.07) is 19.5. The van der Waals surface area contributed by atoms with Gasteiger partial charge in [0.15, 0.2) is 0 Å². The highest BCUT2D eigenvalue weighted by atomic mass is 32.2. The fraction of sp³-hybridized carbons (Fsp3) is 0.310. The normalized spacial score (nSPS) is 14.4. The number of hydrogen-bond donors (Lipinski definition) is 1. The Morgan fingerprint density at radius 2 is 1.86 bits per heavy atom. The number of carbonyl (C=O) groups excluding carboxylic acids is 1. The van der Waals surface area contributed by atoms with Gasteiger partial charge < -0.3 is 4.74 Å². The summed E-state index contributed by atoms with van der Waals surface area (Å²) in [6.45, 7) is 6.28. The first kappa shape index (κ1) is 25.0. The Morgan fingerprint density at radius 1 is 1.08 bits per heavy atom. The number of amides is 1. The maximum atomic E-state index is 13.6. The van der Waals surface area contributed by atoms with E-state index in [4.69, 9.17) is 9.84 Å². The number of aromatic nitrogens is 3. The van der Waals surface area contributed by atoms with Gasteiger partial charge in [-0.2, -0.15) is 0 Å². The topological polar surface area (TPSA) is 79.2 Å². The van der Waals surface area contributed by atoms with E-state index in [1.54, 1.807) is 16.5 Å². The van der Waals surface area contributed by atoms with Crippen LogP contribution in [-0.4, -0.2) is 28.3 Å².